The van der Waals surface area contributed by atoms with Gasteiger partial charge in [-0.05, 0) is 23.1 Å². The van der Waals surface area contributed by atoms with Crippen LogP contribution in [0.3, 0.4) is 0 Å². The van der Waals surface area contributed by atoms with Gasteiger partial charge in [-0.1, -0.05) is 46.8 Å². The number of anilines is 1. The molecule has 1 rings (SSSR count). The normalized spacial score (nSPS) is 10.2. The summed E-state index contributed by atoms with van der Waals surface area (Å²) < 4.78 is 0. The summed E-state index contributed by atoms with van der Waals surface area (Å²) in [7, 11) is 0. The Morgan fingerprint density at radius 2 is 1.62 bits per heavy atom. The first-order chi connectivity index (χ1) is 6.00. The van der Waals surface area contributed by atoms with Crippen molar-refractivity contribution in [1.29, 1.82) is 0 Å². The fraction of sp³-hybridized carbons (Fsp3) is 0.500. The molecule has 13 heavy (non-hydrogen) atoms. The molecule has 0 bridgehead atoms. The van der Waals surface area contributed by atoms with E-state index in [2.05, 4.69) is 26.8 Å². The van der Waals surface area contributed by atoms with E-state index in [1.165, 1.54) is 5.56 Å². The van der Waals surface area contributed by atoms with Gasteiger partial charge < -0.3 is 5.73 Å². The summed E-state index contributed by atoms with van der Waals surface area (Å²) in [4.78, 5) is 0. The number of benzene rings is 1. The van der Waals surface area contributed by atoms with E-state index in [-0.39, 0.29) is 5.41 Å². The topological polar surface area (TPSA) is 26.0 Å². The van der Waals surface area contributed by atoms with Crippen molar-refractivity contribution in [2.24, 2.45) is 0 Å². The average Bonchev–Trinajstić information content (AvgIpc) is 2.06. The van der Waals surface area contributed by atoms with E-state index in [4.69, 9.17) is 5.73 Å². The Hall–Kier alpha value is -0.980. The molecule has 0 aliphatic rings. The van der Waals surface area contributed by atoms with Gasteiger partial charge >= 0.3 is 0 Å². The maximum Gasteiger partial charge on any atom is 0.0316 e. The SMILES string of the molecule is CC.CC(C)(C)c1cccc(N)c1. The molecule has 0 fully saturated rings. The molecule has 0 saturated carbocycles. The van der Waals surface area contributed by atoms with E-state index in [1.807, 2.05) is 32.0 Å². The molecule has 1 heteroatoms. The van der Waals surface area contributed by atoms with Crippen LogP contribution in [0, 0.1) is 0 Å². The summed E-state index contributed by atoms with van der Waals surface area (Å²) in [6.45, 7) is 10.5. The lowest BCUT2D eigenvalue weighted by molar-refractivity contribution is 0.590. The molecule has 2 N–H and O–H groups in total. The molecule has 0 unspecified atom stereocenters. The maximum absolute atomic E-state index is 5.66. The second-order valence-corrected chi connectivity index (χ2v) is 3.88. The Kier molecular flexibility index (Phi) is 4.53. The molecule has 74 valence electrons. The van der Waals surface area contributed by atoms with E-state index in [0.29, 0.717) is 0 Å². The minimum atomic E-state index is 0.204. The summed E-state index contributed by atoms with van der Waals surface area (Å²) in [5.41, 5.74) is 7.99. The number of hydrogen-bond acceptors (Lipinski definition) is 1. The highest BCUT2D eigenvalue weighted by atomic mass is 14.5. The molecular formula is C12H21N. The predicted octanol–water partition coefficient (Wildman–Crippen LogP) is 3.59. The van der Waals surface area contributed by atoms with Crippen molar-refractivity contribution in [3.05, 3.63) is 29.8 Å². The van der Waals surface area contributed by atoms with E-state index in [9.17, 15) is 0 Å². The minimum absolute atomic E-state index is 0.204. The fourth-order valence-corrected chi connectivity index (χ4v) is 1.01. The Balaban J connectivity index is 0.000000671. The summed E-state index contributed by atoms with van der Waals surface area (Å²) >= 11 is 0. The summed E-state index contributed by atoms with van der Waals surface area (Å²) in [5, 5.41) is 0. The first-order valence-corrected chi connectivity index (χ1v) is 4.86. The zero-order valence-electron chi connectivity index (χ0n) is 9.39. The molecule has 1 aromatic carbocycles. The van der Waals surface area contributed by atoms with Crippen LogP contribution in [0.25, 0.3) is 0 Å². The highest BCUT2D eigenvalue weighted by molar-refractivity contribution is 5.42. The van der Waals surface area contributed by atoms with Crippen LogP contribution in [-0.2, 0) is 5.41 Å². The van der Waals surface area contributed by atoms with Crippen LogP contribution in [0.15, 0.2) is 24.3 Å². The van der Waals surface area contributed by atoms with Crippen molar-refractivity contribution >= 4 is 5.69 Å². The van der Waals surface area contributed by atoms with Gasteiger partial charge in [0.05, 0.1) is 0 Å². The predicted molar refractivity (Wildman–Crippen MR) is 60.9 cm³/mol. The number of nitrogen functional groups attached to an aromatic ring is 1. The summed E-state index contributed by atoms with van der Waals surface area (Å²) in [5.74, 6) is 0. The van der Waals surface area contributed by atoms with Gasteiger partial charge in [0.25, 0.3) is 0 Å². The van der Waals surface area contributed by atoms with Crippen LogP contribution in [-0.4, -0.2) is 0 Å². The molecular weight excluding hydrogens is 158 g/mol. The van der Waals surface area contributed by atoms with Crippen LogP contribution < -0.4 is 5.73 Å². The van der Waals surface area contributed by atoms with Crippen LogP contribution in [0.5, 0.6) is 0 Å². The van der Waals surface area contributed by atoms with Crippen LogP contribution >= 0.6 is 0 Å². The van der Waals surface area contributed by atoms with Crippen LogP contribution in [0.1, 0.15) is 40.2 Å². The quantitative estimate of drug-likeness (QED) is 0.605. The van der Waals surface area contributed by atoms with E-state index < -0.39 is 0 Å². The Morgan fingerprint density at radius 3 is 1.92 bits per heavy atom. The number of rotatable bonds is 0. The molecule has 0 aliphatic carbocycles. The van der Waals surface area contributed by atoms with E-state index >= 15 is 0 Å². The van der Waals surface area contributed by atoms with E-state index in [0.717, 1.165) is 5.69 Å². The summed E-state index contributed by atoms with van der Waals surface area (Å²) in [6.07, 6.45) is 0. The second kappa shape index (κ2) is 4.90. The molecule has 0 radical (unpaired) electrons. The molecule has 0 spiro atoms. The minimum Gasteiger partial charge on any atom is -0.399 e. The molecule has 0 amide bonds. The first kappa shape index (κ1) is 12.0. The lowest BCUT2D eigenvalue weighted by Crippen LogP contribution is -2.10. The maximum atomic E-state index is 5.66. The van der Waals surface area contributed by atoms with Crippen molar-refractivity contribution in [3.8, 4) is 0 Å². The van der Waals surface area contributed by atoms with Gasteiger partial charge in [0.2, 0.25) is 0 Å². The molecule has 0 aromatic heterocycles. The van der Waals surface area contributed by atoms with E-state index in [1.54, 1.807) is 0 Å². The largest absolute Gasteiger partial charge is 0.399 e. The average molecular weight is 179 g/mol. The lowest BCUT2D eigenvalue weighted by atomic mass is 9.87. The molecule has 0 saturated heterocycles. The number of nitrogens with two attached hydrogens (primary N) is 1. The third-order valence-corrected chi connectivity index (χ3v) is 1.75. The molecule has 1 nitrogen and oxygen atoms in total. The second-order valence-electron chi connectivity index (χ2n) is 3.88. The van der Waals surface area contributed by atoms with Gasteiger partial charge in [-0.3, -0.25) is 0 Å². The monoisotopic (exact) mass is 179 g/mol. The first-order valence-electron chi connectivity index (χ1n) is 4.86. The molecule has 0 heterocycles. The zero-order valence-corrected chi connectivity index (χ0v) is 9.39. The fourth-order valence-electron chi connectivity index (χ4n) is 1.01. The summed E-state index contributed by atoms with van der Waals surface area (Å²) in [6, 6.07) is 8.04. The molecule has 0 atom stereocenters. The van der Waals surface area contributed by atoms with Gasteiger partial charge in [-0.15, -0.1) is 0 Å². The van der Waals surface area contributed by atoms with Crippen LogP contribution in [0.4, 0.5) is 5.69 Å². The Labute approximate surface area is 82.0 Å². The van der Waals surface area contributed by atoms with Crippen molar-refractivity contribution in [2.75, 3.05) is 5.73 Å². The third kappa shape index (κ3) is 3.97. The van der Waals surface area contributed by atoms with Crippen LogP contribution in [0.2, 0.25) is 0 Å². The van der Waals surface area contributed by atoms with Crippen molar-refractivity contribution < 1.29 is 0 Å². The van der Waals surface area contributed by atoms with Crippen molar-refractivity contribution in [3.63, 3.8) is 0 Å². The van der Waals surface area contributed by atoms with Crippen molar-refractivity contribution in [2.45, 2.75) is 40.0 Å². The third-order valence-electron chi connectivity index (χ3n) is 1.75. The highest BCUT2D eigenvalue weighted by Crippen LogP contribution is 2.23. The Morgan fingerprint density at radius 1 is 1.08 bits per heavy atom. The smallest absolute Gasteiger partial charge is 0.0316 e. The lowest BCUT2D eigenvalue weighted by Gasteiger charge is -2.18. The van der Waals surface area contributed by atoms with Crippen molar-refractivity contribution in [1.82, 2.24) is 0 Å². The number of hydrogen-bond donors (Lipinski definition) is 1. The Bertz CT molecular complexity index is 246. The van der Waals surface area contributed by atoms with Gasteiger partial charge in [0.1, 0.15) is 0 Å². The van der Waals surface area contributed by atoms with Gasteiger partial charge in [0, 0.05) is 5.69 Å². The van der Waals surface area contributed by atoms with Gasteiger partial charge in [-0.2, -0.15) is 0 Å². The molecule has 1 aromatic rings. The van der Waals surface area contributed by atoms with Gasteiger partial charge in [0.15, 0.2) is 0 Å². The van der Waals surface area contributed by atoms with Gasteiger partial charge in [-0.25, -0.2) is 0 Å². The standard InChI is InChI=1S/C10H15N.C2H6/c1-10(2,3)8-5-4-6-9(11)7-8;1-2/h4-7H,11H2,1-3H3;1-2H3. The zero-order chi connectivity index (χ0) is 10.5. The highest BCUT2D eigenvalue weighted by Gasteiger charge is 2.12. The molecule has 0 aliphatic heterocycles.